The molecule has 36 heavy (non-hydrogen) atoms. The Labute approximate surface area is 219 Å². The fraction of sp³-hybridized carbons (Fsp3) is 0.543. The smallest absolute Gasteiger partial charge is 0.0369 e. The van der Waals surface area contributed by atoms with Gasteiger partial charge in [0.1, 0.15) is 0 Å². The van der Waals surface area contributed by atoms with Crippen LogP contribution in [0.1, 0.15) is 101 Å². The molecule has 1 nitrogen and oxygen atoms in total. The van der Waals surface area contributed by atoms with Crippen LogP contribution in [-0.2, 0) is 6.42 Å². The van der Waals surface area contributed by atoms with Gasteiger partial charge in [0.15, 0.2) is 0 Å². The maximum atomic E-state index is 2.69. The van der Waals surface area contributed by atoms with Crippen LogP contribution in [0.3, 0.4) is 0 Å². The molecular weight excluding hydrogens is 434 g/mol. The highest BCUT2D eigenvalue weighted by Gasteiger charge is 2.45. The number of aryl methyl sites for hydroxylation is 1. The van der Waals surface area contributed by atoms with E-state index in [1.54, 1.807) is 22.3 Å². The number of benzene rings is 2. The van der Waals surface area contributed by atoms with E-state index in [1.165, 1.54) is 75.7 Å². The Hall–Kier alpha value is -2.28. The molecule has 3 unspecified atom stereocenters. The molecule has 2 aromatic rings. The molecule has 4 aliphatic rings. The second-order valence-electron chi connectivity index (χ2n) is 12.5. The van der Waals surface area contributed by atoms with E-state index in [0.29, 0.717) is 23.2 Å². The minimum absolute atomic E-state index is 0.477. The molecule has 3 aliphatic carbocycles. The highest BCUT2D eigenvalue weighted by molar-refractivity contribution is 5.56. The lowest BCUT2D eigenvalue weighted by Crippen LogP contribution is -2.47. The Morgan fingerprint density at radius 3 is 2.47 bits per heavy atom. The summed E-state index contributed by atoms with van der Waals surface area (Å²) in [6, 6.07) is 18.9. The molecule has 2 fully saturated rings. The van der Waals surface area contributed by atoms with Gasteiger partial charge in [-0.3, -0.25) is 0 Å². The first-order chi connectivity index (χ1) is 17.6. The van der Waals surface area contributed by atoms with Crippen molar-refractivity contribution in [1.29, 1.82) is 0 Å². The molecule has 3 atom stereocenters. The Morgan fingerprint density at radius 1 is 0.972 bits per heavy atom. The average Bonchev–Trinajstić information content (AvgIpc) is 2.91. The normalized spacial score (nSPS) is 27.8. The molecule has 0 aromatic heterocycles. The van der Waals surface area contributed by atoms with Gasteiger partial charge in [0.2, 0.25) is 0 Å². The van der Waals surface area contributed by atoms with Crippen molar-refractivity contribution < 1.29 is 0 Å². The number of piperidine rings is 1. The standard InChI is InChI=1S/C35H45N/c1-4-26-23-35(24-26)18-20-36(21-19-35)29-14-15-31(27(5-2)22-29)34-32(28-11-7-6-8-12-28)17-16-30-25(3)10-9-13-33(30)34/h6-9,11-15,22,25-26,32,34H,4-5,10,16-21,23-24H2,1-3H3. The predicted molar refractivity (Wildman–Crippen MR) is 154 cm³/mol. The summed E-state index contributed by atoms with van der Waals surface area (Å²) in [7, 11) is 0. The molecule has 1 saturated heterocycles. The molecular formula is C35H45N. The largest absolute Gasteiger partial charge is 0.371 e. The molecule has 1 saturated carbocycles. The number of hydrogen-bond donors (Lipinski definition) is 0. The van der Waals surface area contributed by atoms with Crippen LogP contribution in [0.5, 0.6) is 0 Å². The van der Waals surface area contributed by atoms with Gasteiger partial charge in [-0.1, -0.05) is 81.3 Å². The molecule has 0 amide bonds. The van der Waals surface area contributed by atoms with Crippen LogP contribution in [0.15, 0.2) is 71.8 Å². The van der Waals surface area contributed by atoms with Crippen molar-refractivity contribution in [2.75, 3.05) is 18.0 Å². The average molecular weight is 480 g/mol. The Morgan fingerprint density at radius 2 is 1.75 bits per heavy atom. The number of hydrogen-bond acceptors (Lipinski definition) is 1. The minimum Gasteiger partial charge on any atom is -0.371 e. The number of allylic oxidation sites excluding steroid dienone is 4. The Bertz CT molecular complexity index is 1120. The first-order valence-corrected chi connectivity index (χ1v) is 14.9. The number of anilines is 1. The first-order valence-electron chi connectivity index (χ1n) is 14.9. The Kier molecular flexibility index (Phi) is 6.61. The number of rotatable bonds is 5. The van der Waals surface area contributed by atoms with Crippen molar-refractivity contribution in [1.82, 2.24) is 0 Å². The zero-order chi connectivity index (χ0) is 24.7. The van der Waals surface area contributed by atoms with Gasteiger partial charge in [0.05, 0.1) is 0 Å². The second-order valence-corrected chi connectivity index (χ2v) is 12.5. The zero-order valence-corrected chi connectivity index (χ0v) is 22.8. The number of nitrogens with zero attached hydrogens (tertiary/aromatic N) is 1. The SMILES string of the molecule is CCc1cc(N2CCC3(CC2)CC(CC)C3)ccc1C1C2=C(CCC1c1ccccc1)C(C)CC=C2. The van der Waals surface area contributed by atoms with E-state index < -0.39 is 0 Å². The van der Waals surface area contributed by atoms with Crippen molar-refractivity contribution in [2.24, 2.45) is 17.3 Å². The van der Waals surface area contributed by atoms with Gasteiger partial charge >= 0.3 is 0 Å². The molecule has 1 heterocycles. The van der Waals surface area contributed by atoms with E-state index >= 15 is 0 Å². The lowest BCUT2D eigenvalue weighted by molar-refractivity contribution is 0.0262. The molecule has 1 heteroatoms. The lowest BCUT2D eigenvalue weighted by atomic mass is 9.57. The predicted octanol–water partition coefficient (Wildman–Crippen LogP) is 9.21. The highest BCUT2D eigenvalue weighted by atomic mass is 15.1. The monoisotopic (exact) mass is 479 g/mol. The van der Waals surface area contributed by atoms with E-state index in [-0.39, 0.29) is 0 Å². The molecule has 6 rings (SSSR count). The quantitative estimate of drug-likeness (QED) is 0.413. The van der Waals surface area contributed by atoms with E-state index in [1.807, 2.05) is 0 Å². The summed E-state index contributed by atoms with van der Waals surface area (Å²) in [5.74, 6) is 2.74. The summed E-state index contributed by atoms with van der Waals surface area (Å²) in [4.78, 5) is 2.69. The van der Waals surface area contributed by atoms with E-state index in [9.17, 15) is 0 Å². The van der Waals surface area contributed by atoms with Gasteiger partial charge in [-0.25, -0.2) is 0 Å². The fourth-order valence-corrected chi connectivity index (χ4v) is 8.26. The molecule has 0 N–H and O–H groups in total. The first kappa shape index (κ1) is 24.1. The fourth-order valence-electron chi connectivity index (χ4n) is 8.26. The van der Waals surface area contributed by atoms with Crippen LogP contribution in [0.25, 0.3) is 0 Å². The molecule has 2 aromatic carbocycles. The van der Waals surface area contributed by atoms with Crippen molar-refractivity contribution in [3.63, 3.8) is 0 Å². The van der Waals surface area contributed by atoms with E-state index in [2.05, 4.69) is 86.4 Å². The zero-order valence-electron chi connectivity index (χ0n) is 22.8. The maximum absolute atomic E-state index is 2.69. The summed E-state index contributed by atoms with van der Waals surface area (Å²) in [5, 5.41) is 0. The highest BCUT2D eigenvalue weighted by Crippen LogP contribution is 2.54. The van der Waals surface area contributed by atoms with Crippen LogP contribution < -0.4 is 4.90 Å². The molecule has 0 bridgehead atoms. The lowest BCUT2D eigenvalue weighted by Gasteiger charge is -2.52. The van der Waals surface area contributed by atoms with Crippen molar-refractivity contribution in [3.05, 3.63) is 88.5 Å². The molecule has 1 aliphatic heterocycles. The van der Waals surface area contributed by atoms with Gasteiger partial charge in [-0.05, 0) is 109 Å². The third kappa shape index (κ3) is 4.27. The molecule has 0 radical (unpaired) electrons. The van der Waals surface area contributed by atoms with Crippen LogP contribution in [0, 0.1) is 17.3 Å². The van der Waals surface area contributed by atoms with Crippen molar-refractivity contribution in [2.45, 2.75) is 90.4 Å². The third-order valence-electron chi connectivity index (χ3n) is 10.5. The summed E-state index contributed by atoms with van der Waals surface area (Å²) >= 11 is 0. The van der Waals surface area contributed by atoms with E-state index in [0.717, 1.165) is 12.3 Å². The van der Waals surface area contributed by atoms with Crippen molar-refractivity contribution >= 4 is 5.69 Å². The van der Waals surface area contributed by atoms with Gasteiger partial charge in [-0.2, -0.15) is 0 Å². The summed E-state index contributed by atoms with van der Waals surface area (Å²) in [6.45, 7) is 9.66. The summed E-state index contributed by atoms with van der Waals surface area (Å²) in [6.07, 6.45) is 16.9. The molecule has 1 spiro atoms. The van der Waals surface area contributed by atoms with Crippen LogP contribution >= 0.6 is 0 Å². The van der Waals surface area contributed by atoms with Gasteiger partial charge in [0.25, 0.3) is 0 Å². The molecule has 190 valence electrons. The third-order valence-corrected chi connectivity index (χ3v) is 10.5. The summed E-state index contributed by atoms with van der Waals surface area (Å²) < 4.78 is 0. The topological polar surface area (TPSA) is 3.24 Å². The van der Waals surface area contributed by atoms with Gasteiger partial charge < -0.3 is 4.90 Å². The van der Waals surface area contributed by atoms with Gasteiger partial charge in [0, 0.05) is 24.7 Å². The second kappa shape index (κ2) is 9.88. The summed E-state index contributed by atoms with van der Waals surface area (Å²) in [5.41, 5.74) is 10.2. The van der Waals surface area contributed by atoms with Crippen LogP contribution in [-0.4, -0.2) is 13.1 Å². The minimum atomic E-state index is 0.477. The van der Waals surface area contributed by atoms with E-state index in [4.69, 9.17) is 0 Å². The van der Waals surface area contributed by atoms with Crippen molar-refractivity contribution in [3.8, 4) is 0 Å². The Balaban J connectivity index is 1.31. The van der Waals surface area contributed by atoms with Crippen LogP contribution in [0.2, 0.25) is 0 Å². The van der Waals surface area contributed by atoms with Gasteiger partial charge in [-0.15, -0.1) is 0 Å². The van der Waals surface area contributed by atoms with Crippen LogP contribution in [0.4, 0.5) is 5.69 Å². The maximum Gasteiger partial charge on any atom is 0.0369 e.